The molecule has 0 saturated carbocycles. The molecule has 27 heavy (non-hydrogen) atoms. The highest BCUT2D eigenvalue weighted by molar-refractivity contribution is 5.96. The van der Waals surface area contributed by atoms with Crippen molar-refractivity contribution in [3.05, 3.63) is 53.7 Å². The van der Waals surface area contributed by atoms with Crippen LogP contribution in [0.5, 0.6) is 11.5 Å². The van der Waals surface area contributed by atoms with Crippen LogP contribution in [0.25, 0.3) is 22.0 Å². The number of hydrogen-bond donors (Lipinski definition) is 0. The van der Waals surface area contributed by atoms with Gasteiger partial charge in [0, 0.05) is 22.7 Å². The molecule has 0 N–H and O–H groups in total. The molecule has 0 bridgehead atoms. The van der Waals surface area contributed by atoms with Crippen molar-refractivity contribution in [2.24, 2.45) is 0 Å². The summed E-state index contributed by atoms with van der Waals surface area (Å²) in [7, 11) is 4.68. The van der Waals surface area contributed by atoms with Crippen molar-refractivity contribution in [1.29, 1.82) is 0 Å². The SMILES string of the molecule is COC(=O)c1ccc2cnc(-c3cc(OC)c(C(C)C)c(OC)c3)cc2c1. The average Bonchev–Trinajstić information content (AvgIpc) is 2.70. The third-order valence-electron chi connectivity index (χ3n) is 4.56. The molecule has 1 heterocycles. The summed E-state index contributed by atoms with van der Waals surface area (Å²) in [5.74, 6) is 1.44. The number of carbonyl (C=O) groups is 1. The Bertz CT molecular complexity index is 970. The van der Waals surface area contributed by atoms with Crippen LogP contribution in [-0.4, -0.2) is 32.3 Å². The Hall–Kier alpha value is -3.08. The molecule has 0 saturated heterocycles. The molecule has 0 fully saturated rings. The summed E-state index contributed by atoms with van der Waals surface area (Å²) in [6.45, 7) is 4.20. The van der Waals surface area contributed by atoms with Crippen LogP contribution in [0.2, 0.25) is 0 Å². The number of pyridine rings is 1. The minimum absolute atomic E-state index is 0.260. The zero-order chi connectivity index (χ0) is 19.6. The quantitative estimate of drug-likeness (QED) is 0.606. The molecule has 0 amide bonds. The second kappa shape index (κ2) is 7.66. The lowest BCUT2D eigenvalue weighted by Gasteiger charge is -2.18. The number of methoxy groups -OCH3 is 3. The van der Waals surface area contributed by atoms with Crippen molar-refractivity contribution >= 4 is 16.7 Å². The molecule has 0 unspecified atom stereocenters. The van der Waals surface area contributed by atoms with Crippen molar-refractivity contribution in [3.63, 3.8) is 0 Å². The van der Waals surface area contributed by atoms with Crippen LogP contribution >= 0.6 is 0 Å². The van der Waals surface area contributed by atoms with Crippen LogP contribution in [0.15, 0.2) is 42.6 Å². The van der Waals surface area contributed by atoms with E-state index in [1.54, 1.807) is 26.5 Å². The van der Waals surface area contributed by atoms with E-state index in [9.17, 15) is 4.79 Å². The van der Waals surface area contributed by atoms with Gasteiger partial charge in [-0.15, -0.1) is 0 Å². The predicted octanol–water partition coefficient (Wildman–Crippen LogP) is 4.83. The van der Waals surface area contributed by atoms with Crippen molar-refractivity contribution < 1.29 is 19.0 Å². The van der Waals surface area contributed by atoms with E-state index in [0.717, 1.165) is 39.1 Å². The summed E-state index contributed by atoms with van der Waals surface area (Å²) in [4.78, 5) is 16.4. The standard InChI is InChI=1S/C22H23NO4/c1-13(2)21-19(25-3)10-17(11-20(21)26-4)18-9-16-8-14(22(24)27-5)6-7-15(16)12-23-18/h6-13H,1-5H3. The minimum atomic E-state index is -0.361. The number of fused-ring (bicyclic) bond motifs is 1. The molecule has 0 spiro atoms. The fraction of sp³-hybridized carbons (Fsp3) is 0.273. The lowest BCUT2D eigenvalue weighted by atomic mass is 9.97. The van der Waals surface area contributed by atoms with Gasteiger partial charge in [-0.2, -0.15) is 0 Å². The second-order valence-electron chi connectivity index (χ2n) is 6.57. The predicted molar refractivity (Wildman–Crippen MR) is 106 cm³/mol. The highest BCUT2D eigenvalue weighted by Gasteiger charge is 2.17. The van der Waals surface area contributed by atoms with Gasteiger partial charge in [0.25, 0.3) is 0 Å². The first kappa shape index (κ1) is 18.7. The molecule has 0 aliphatic carbocycles. The summed E-state index contributed by atoms with van der Waals surface area (Å²) >= 11 is 0. The van der Waals surface area contributed by atoms with E-state index in [4.69, 9.17) is 14.2 Å². The Morgan fingerprint density at radius 1 is 0.926 bits per heavy atom. The van der Waals surface area contributed by atoms with Crippen LogP contribution in [0.4, 0.5) is 0 Å². The van der Waals surface area contributed by atoms with Gasteiger partial charge in [-0.05, 0) is 41.6 Å². The normalized spacial score (nSPS) is 10.9. The molecule has 1 aromatic heterocycles. The highest BCUT2D eigenvalue weighted by Crippen LogP contribution is 2.39. The van der Waals surface area contributed by atoms with Gasteiger partial charge in [-0.3, -0.25) is 4.98 Å². The van der Waals surface area contributed by atoms with E-state index in [2.05, 4.69) is 18.8 Å². The third kappa shape index (κ3) is 3.58. The monoisotopic (exact) mass is 365 g/mol. The summed E-state index contributed by atoms with van der Waals surface area (Å²) in [5.41, 5.74) is 3.19. The molecule has 2 aromatic carbocycles. The molecule has 140 valence electrons. The Kier molecular flexibility index (Phi) is 5.31. The van der Waals surface area contributed by atoms with Crippen LogP contribution in [0.1, 0.15) is 35.7 Å². The molecular weight excluding hydrogens is 342 g/mol. The Morgan fingerprint density at radius 3 is 2.15 bits per heavy atom. The van der Waals surface area contributed by atoms with Crippen molar-refractivity contribution in [3.8, 4) is 22.8 Å². The molecular formula is C22H23NO4. The second-order valence-corrected chi connectivity index (χ2v) is 6.57. The fourth-order valence-corrected chi connectivity index (χ4v) is 3.20. The maximum Gasteiger partial charge on any atom is 0.337 e. The van der Waals surface area contributed by atoms with Gasteiger partial charge in [0.15, 0.2) is 0 Å². The Morgan fingerprint density at radius 2 is 1.59 bits per heavy atom. The zero-order valence-corrected chi connectivity index (χ0v) is 16.2. The smallest absolute Gasteiger partial charge is 0.337 e. The summed E-state index contributed by atoms with van der Waals surface area (Å²) in [6.07, 6.45) is 1.79. The first-order valence-electron chi connectivity index (χ1n) is 8.73. The largest absolute Gasteiger partial charge is 0.496 e. The lowest BCUT2D eigenvalue weighted by molar-refractivity contribution is 0.0601. The van der Waals surface area contributed by atoms with Gasteiger partial charge < -0.3 is 14.2 Å². The lowest BCUT2D eigenvalue weighted by Crippen LogP contribution is -2.01. The molecule has 0 atom stereocenters. The van der Waals surface area contributed by atoms with E-state index < -0.39 is 0 Å². The average molecular weight is 365 g/mol. The van der Waals surface area contributed by atoms with E-state index in [-0.39, 0.29) is 11.9 Å². The first-order valence-corrected chi connectivity index (χ1v) is 8.73. The van der Waals surface area contributed by atoms with Crippen LogP contribution in [-0.2, 0) is 4.74 Å². The van der Waals surface area contributed by atoms with E-state index in [1.165, 1.54) is 7.11 Å². The number of benzene rings is 2. The zero-order valence-electron chi connectivity index (χ0n) is 16.2. The molecule has 0 aliphatic rings. The summed E-state index contributed by atoms with van der Waals surface area (Å²) in [5, 5.41) is 1.86. The number of nitrogens with zero attached hydrogens (tertiary/aromatic N) is 1. The number of aromatic nitrogens is 1. The van der Waals surface area contributed by atoms with Crippen molar-refractivity contribution in [2.75, 3.05) is 21.3 Å². The van der Waals surface area contributed by atoms with Gasteiger partial charge in [0.05, 0.1) is 32.6 Å². The van der Waals surface area contributed by atoms with Crippen molar-refractivity contribution in [1.82, 2.24) is 4.98 Å². The fourth-order valence-electron chi connectivity index (χ4n) is 3.20. The van der Waals surface area contributed by atoms with Gasteiger partial charge in [-0.1, -0.05) is 19.9 Å². The van der Waals surface area contributed by atoms with Crippen LogP contribution < -0.4 is 9.47 Å². The van der Waals surface area contributed by atoms with E-state index in [0.29, 0.717) is 5.56 Å². The molecule has 0 aliphatic heterocycles. The molecule has 0 radical (unpaired) electrons. The molecule has 5 nitrogen and oxygen atoms in total. The number of hydrogen-bond acceptors (Lipinski definition) is 5. The van der Waals surface area contributed by atoms with E-state index >= 15 is 0 Å². The van der Waals surface area contributed by atoms with Gasteiger partial charge in [0.1, 0.15) is 11.5 Å². The molecule has 3 aromatic rings. The maximum atomic E-state index is 11.8. The third-order valence-corrected chi connectivity index (χ3v) is 4.56. The van der Waals surface area contributed by atoms with Crippen molar-refractivity contribution in [2.45, 2.75) is 19.8 Å². The van der Waals surface area contributed by atoms with Gasteiger partial charge in [0.2, 0.25) is 0 Å². The summed E-state index contributed by atoms with van der Waals surface area (Å²) < 4.78 is 16.0. The number of ether oxygens (including phenoxy) is 3. The van der Waals surface area contributed by atoms with Crippen LogP contribution in [0.3, 0.4) is 0 Å². The Balaban J connectivity index is 2.15. The molecule has 5 heteroatoms. The first-order chi connectivity index (χ1) is 13.0. The maximum absolute atomic E-state index is 11.8. The number of esters is 1. The topological polar surface area (TPSA) is 57.7 Å². The van der Waals surface area contributed by atoms with Gasteiger partial charge >= 0.3 is 5.97 Å². The number of carbonyl (C=O) groups excluding carboxylic acids is 1. The minimum Gasteiger partial charge on any atom is -0.496 e. The van der Waals surface area contributed by atoms with E-state index in [1.807, 2.05) is 30.3 Å². The van der Waals surface area contributed by atoms with Crippen LogP contribution in [0, 0.1) is 0 Å². The van der Waals surface area contributed by atoms with Gasteiger partial charge in [-0.25, -0.2) is 4.79 Å². The highest BCUT2D eigenvalue weighted by atomic mass is 16.5. The number of rotatable bonds is 5. The Labute approximate surface area is 158 Å². The summed E-state index contributed by atoms with van der Waals surface area (Å²) in [6, 6.07) is 11.3. The molecule has 3 rings (SSSR count).